The van der Waals surface area contributed by atoms with Crippen LogP contribution in [-0.4, -0.2) is 6.54 Å². The molecule has 98 valence electrons. The van der Waals surface area contributed by atoms with Crippen LogP contribution in [0.2, 0.25) is 4.34 Å². The van der Waals surface area contributed by atoms with Crippen molar-refractivity contribution < 1.29 is 0 Å². The predicted molar refractivity (Wildman–Crippen MR) is 79.1 cm³/mol. The molecular weight excluding hydrogens is 250 g/mol. The maximum atomic E-state index is 6.18. The molecule has 1 aromatic heterocycles. The molecule has 0 aliphatic carbocycles. The van der Waals surface area contributed by atoms with Gasteiger partial charge >= 0.3 is 0 Å². The fourth-order valence-corrected chi connectivity index (χ4v) is 3.28. The van der Waals surface area contributed by atoms with Gasteiger partial charge in [-0.3, -0.25) is 0 Å². The van der Waals surface area contributed by atoms with Crippen LogP contribution < -0.4 is 5.32 Å². The van der Waals surface area contributed by atoms with Gasteiger partial charge in [-0.15, -0.1) is 11.3 Å². The van der Waals surface area contributed by atoms with Gasteiger partial charge in [0, 0.05) is 10.9 Å². The van der Waals surface area contributed by atoms with Gasteiger partial charge in [-0.05, 0) is 43.4 Å². The van der Waals surface area contributed by atoms with Gasteiger partial charge in [0.15, 0.2) is 0 Å². The Hall–Kier alpha value is -0.0500. The maximum absolute atomic E-state index is 6.18. The highest BCUT2D eigenvalue weighted by atomic mass is 35.5. The summed E-state index contributed by atoms with van der Waals surface area (Å²) in [6.07, 6.45) is 1.17. The molecule has 0 radical (unpaired) electrons. The molecule has 0 amide bonds. The third-order valence-corrected chi connectivity index (χ3v) is 5.01. The number of aryl methyl sites for hydroxylation is 1. The van der Waals surface area contributed by atoms with Crippen molar-refractivity contribution in [2.75, 3.05) is 6.54 Å². The molecular formula is C14H24ClNS. The summed E-state index contributed by atoms with van der Waals surface area (Å²) < 4.78 is 0.930. The first-order chi connectivity index (χ1) is 7.97. The van der Waals surface area contributed by atoms with Crippen LogP contribution in [-0.2, 0) is 0 Å². The van der Waals surface area contributed by atoms with Crippen molar-refractivity contribution in [1.29, 1.82) is 0 Å². The molecule has 2 atom stereocenters. The molecule has 2 unspecified atom stereocenters. The fraction of sp³-hybridized carbons (Fsp3) is 0.714. The number of hydrogen-bond donors (Lipinski definition) is 1. The first-order valence-corrected chi connectivity index (χ1v) is 7.66. The van der Waals surface area contributed by atoms with Crippen LogP contribution in [0.25, 0.3) is 0 Å². The molecule has 0 aliphatic rings. The SMILES string of the molecule is CCCNC(c1cc(C)c(Cl)s1)C(C)C(C)C. The molecule has 0 saturated carbocycles. The Morgan fingerprint density at radius 1 is 1.35 bits per heavy atom. The standard InChI is InChI=1S/C14H24ClNS/c1-6-7-16-13(11(5)9(2)3)12-8-10(4)14(15)17-12/h8-9,11,13,16H,6-7H2,1-5H3. The van der Waals surface area contributed by atoms with Crippen molar-refractivity contribution in [3.05, 3.63) is 20.8 Å². The van der Waals surface area contributed by atoms with E-state index in [1.54, 1.807) is 11.3 Å². The van der Waals surface area contributed by atoms with E-state index in [0.29, 0.717) is 17.9 Å². The quantitative estimate of drug-likeness (QED) is 0.765. The van der Waals surface area contributed by atoms with Crippen molar-refractivity contribution in [2.45, 2.75) is 47.1 Å². The Labute approximate surface area is 115 Å². The monoisotopic (exact) mass is 273 g/mol. The summed E-state index contributed by atoms with van der Waals surface area (Å²) in [5.74, 6) is 1.29. The third-order valence-electron chi connectivity index (χ3n) is 3.37. The molecule has 0 saturated heterocycles. The van der Waals surface area contributed by atoms with Gasteiger partial charge in [-0.25, -0.2) is 0 Å². The summed E-state index contributed by atoms with van der Waals surface area (Å²) in [5.41, 5.74) is 1.20. The normalized spacial score (nSPS) is 15.2. The number of thiophene rings is 1. The lowest BCUT2D eigenvalue weighted by atomic mass is 9.89. The highest BCUT2D eigenvalue weighted by molar-refractivity contribution is 7.16. The van der Waals surface area contributed by atoms with E-state index in [2.05, 4.69) is 46.0 Å². The van der Waals surface area contributed by atoms with Gasteiger partial charge in [0.1, 0.15) is 0 Å². The molecule has 3 heteroatoms. The van der Waals surface area contributed by atoms with Crippen molar-refractivity contribution in [1.82, 2.24) is 5.32 Å². The Kier molecular flexibility index (Phi) is 5.98. The van der Waals surface area contributed by atoms with E-state index < -0.39 is 0 Å². The number of halogens is 1. The van der Waals surface area contributed by atoms with E-state index in [1.807, 2.05) is 0 Å². The molecule has 0 aromatic carbocycles. The van der Waals surface area contributed by atoms with Crippen LogP contribution in [0, 0.1) is 18.8 Å². The van der Waals surface area contributed by atoms with Crippen LogP contribution >= 0.6 is 22.9 Å². The van der Waals surface area contributed by atoms with Crippen molar-refractivity contribution >= 4 is 22.9 Å². The Bertz CT molecular complexity index is 326. The van der Waals surface area contributed by atoms with Crippen molar-refractivity contribution in [3.8, 4) is 0 Å². The average Bonchev–Trinajstić information content (AvgIpc) is 2.59. The molecule has 1 N–H and O–H groups in total. The van der Waals surface area contributed by atoms with E-state index in [0.717, 1.165) is 10.9 Å². The first-order valence-electron chi connectivity index (χ1n) is 6.46. The highest BCUT2D eigenvalue weighted by Crippen LogP contribution is 2.36. The summed E-state index contributed by atoms with van der Waals surface area (Å²) in [7, 11) is 0. The minimum absolute atomic E-state index is 0.436. The molecule has 0 fully saturated rings. The van der Waals surface area contributed by atoms with E-state index in [9.17, 15) is 0 Å². The molecule has 1 heterocycles. The lowest BCUT2D eigenvalue weighted by Crippen LogP contribution is -2.29. The first kappa shape index (κ1) is 15.0. The minimum Gasteiger partial charge on any atom is -0.309 e. The van der Waals surface area contributed by atoms with Gasteiger partial charge in [0.2, 0.25) is 0 Å². The van der Waals surface area contributed by atoms with E-state index in [1.165, 1.54) is 16.9 Å². The molecule has 17 heavy (non-hydrogen) atoms. The molecule has 0 bridgehead atoms. The average molecular weight is 274 g/mol. The third kappa shape index (κ3) is 3.97. The summed E-state index contributed by atoms with van der Waals surface area (Å²) in [4.78, 5) is 1.38. The molecule has 1 rings (SSSR count). The second kappa shape index (κ2) is 6.77. The Morgan fingerprint density at radius 3 is 2.41 bits per heavy atom. The van der Waals surface area contributed by atoms with Crippen molar-refractivity contribution in [2.24, 2.45) is 11.8 Å². The summed E-state index contributed by atoms with van der Waals surface area (Å²) in [5, 5.41) is 3.66. The molecule has 1 nitrogen and oxygen atoms in total. The van der Waals surface area contributed by atoms with Crippen LogP contribution in [0.1, 0.15) is 50.6 Å². The van der Waals surface area contributed by atoms with Crippen LogP contribution in [0.15, 0.2) is 6.07 Å². The van der Waals surface area contributed by atoms with Crippen LogP contribution in [0.4, 0.5) is 0 Å². The molecule has 0 spiro atoms. The Morgan fingerprint density at radius 2 is 2.00 bits per heavy atom. The smallest absolute Gasteiger partial charge is 0.0960 e. The van der Waals surface area contributed by atoms with Crippen molar-refractivity contribution in [3.63, 3.8) is 0 Å². The second-order valence-electron chi connectivity index (χ2n) is 5.14. The number of hydrogen-bond acceptors (Lipinski definition) is 2. The van der Waals surface area contributed by atoms with E-state index >= 15 is 0 Å². The zero-order chi connectivity index (χ0) is 13.0. The van der Waals surface area contributed by atoms with Crippen LogP contribution in [0.3, 0.4) is 0 Å². The predicted octanol–water partition coefficient (Wildman–Crippen LogP) is 5.04. The largest absolute Gasteiger partial charge is 0.309 e. The van der Waals surface area contributed by atoms with Gasteiger partial charge in [0.05, 0.1) is 4.34 Å². The lowest BCUT2D eigenvalue weighted by molar-refractivity contribution is 0.307. The minimum atomic E-state index is 0.436. The summed E-state index contributed by atoms with van der Waals surface area (Å²) >= 11 is 7.90. The molecule has 0 aliphatic heterocycles. The summed E-state index contributed by atoms with van der Waals surface area (Å²) in [6.45, 7) is 12.2. The highest BCUT2D eigenvalue weighted by Gasteiger charge is 2.23. The fourth-order valence-electron chi connectivity index (χ4n) is 1.87. The zero-order valence-corrected chi connectivity index (χ0v) is 13.1. The van der Waals surface area contributed by atoms with Gasteiger partial charge in [0.25, 0.3) is 0 Å². The zero-order valence-electron chi connectivity index (χ0n) is 11.5. The topological polar surface area (TPSA) is 12.0 Å². The van der Waals surface area contributed by atoms with E-state index in [-0.39, 0.29) is 0 Å². The lowest BCUT2D eigenvalue weighted by Gasteiger charge is -2.27. The van der Waals surface area contributed by atoms with Gasteiger partial charge < -0.3 is 5.32 Å². The van der Waals surface area contributed by atoms with Gasteiger partial charge in [-0.1, -0.05) is 39.3 Å². The second-order valence-corrected chi connectivity index (χ2v) is 6.83. The number of rotatable bonds is 6. The summed E-state index contributed by atoms with van der Waals surface area (Å²) in [6, 6.07) is 2.67. The molecule has 1 aromatic rings. The van der Waals surface area contributed by atoms with Gasteiger partial charge in [-0.2, -0.15) is 0 Å². The Balaban J connectivity index is 2.88. The van der Waals surface area contributed by atoms with Crippen LogP contribution in [0.5, 0.6) is 0 Å². The van der Waals surface area contributed by atoms with E-state index in [4.69, 9.17) is 11.6 Å². The maximum Gasteiger partial charge on any atom is 0.0960 e. The number of nitrogens with one attached hydrogen (secondary N) is 1.